The lowest BCUT2D eigenvalue weighted by molar-refractivity contribution is -0.140. The van der Waals surface area contributed by atoms with Crippen LogP contribution in [0.25, 0.3) is 33.3 Å². The fourth-order valence-electron chi connectivity index (χ4n) is 5.31. The summed E-state index contributed by atoms with van der Waals surface area (Å²) in [6.07, 6.45) is 4.56. The van der Waals surface area contributed by atoms with E-state index in [1.54, 1.807) is 12.3 Å². The number of nitrogens with zero attached hydrogens (tertiary/aromatic N) is 4. The number of nitrogens with two attached hydrogens (primary N) is 1. The van der Waals surface area contributed by atoms with E-state index in [9.17, 15) is 13.2 Å². The summed E-state index contributed by atoms with van der Waals surface area (Å²) in [5.74, 6) is 0.944. The summed E-state index contributed by atoms with van der Waals surface area (Å²) < 4.78 is 40.2. The lowest BCUT2D eigenvalue weighted by atomic mass is 9.76. The van der Waals surface area contributed by atoms with E-state index in [2.05, 4.69) is 20.3 Å². The van der Waals surface area contributed by atoms with Gasteiger partial charge in [0.2, 0.25) is 0 Å². The Morgan fingerprint density at radius 2 is 1.83 bits per heavy atom. The fraction of sp³-hybridized carbons (Fsp3) is 0.440. The van der Waals surface area contributed by atoms with Gasteiger partial charge in [-0.3, -0.25) is 4.98 Å². The van der Waals surface area contributed by atoms with Gasteiger partial charge in [-0.05, 0) is 75.2 Å². The number of hydrogen-bond acceptors (Lipinski definition) is 6. The van der Waals surface area contributed by atoms with Crippen molar-refractivity contribution in [3.05, 3.63) is 47.7 Å². The number of hydrogen-bond donors (Lipinski definition) is 3. The zero-order valence-electron chi connectivity index (χ0n) is 19.3. The minimum atomic E-state index is -4.51. The summed E-state index contributed by atoms with van der Waals surface area (Å²) in [7, 11) is 0. The largest absolute Gasteiger partial charge is 0.431 e. The molecule has 0 spiro atoms. The van der Waals surface area contributed by atoms with Crippen molar-refractivity contribution in [1.29, 1.82) is 0 Å². The maximum absolute atomic E-state index is 13.4. The molecule has 4 N–H and O–H groups in total. The molecule has 1 atom stereocenters. The number of piperidine rings is 1. The van der Waals surface area contributed by atoms with E-state index >= 15 is 0 Å². The first kappa shape index (κ1) is 22.4. The van der Waals surface area contributed by atoms with Gasteiger partial charge in [0.25, 0.3) is 0 Å². The van der Waals surface area contributed by atoms with Gasteiger partial charge in [-0.2, -0.15) is 13.2 Å². The lowest BCUT2D eigenvalue weighted by Gasteiger charge is -2.37. The third kappa shape index (κ3) is 3.84. The lowest BCUT2D eigenvalue weighted by Crippen LogP contribution is -2.47. The van der Waals surface area contributed by atoms with Crippen molar-refractivity contribution in [1.82, 2.24) is 30.2 Å². The molecule has 0 aromatic carbocycles. The molecule has 7 nitrogen and oxygen atoms in total. The SMILES string of the molecule is CC(N)(c1nc(-c2ccnc3[nH]c(C(F)(F)F)cc23)nc2cncc(C3CC3)c12)C1CCNCC1. The Morgan fingerprint density at radius 1 is 1.06 bits per heavy atom. The van der Waals surface area contributed by atoms with Crippen molar-refractivity contribution in [3.63, 3.8) is 0 Å². The van der Waals surface area contributed by atoms with Gasteiger partial charge in [0.05, 0.1) is 22.9 Å². The van der Waals surface area contributed by atoms with Crippen molar-refractivity contribution in [2.24, 2.45) is 11.7 Å². The molecular formula is C25H26F3N7. The van der Waals surface area contributed by atoms with Gasteiger partial charge in [-0.25, -0.2) is 15.0 Å². The van der Waals surface area contributed by atoms with Crippen molar-refractivity contribution in [3.8, 4) is 11.4 Å². The zero-order chi connectivity index (χ0) is 24.4. The summed E-state index contributed by atoms with van der Waals surface area (Å²) in [5, 5.41) is 4.64. The van der Waals surface area contributed by atoms with E-state index in [0.29, 0.717) is 28.2 Å². The quantitative estimate of drug-likeness (QED) is 0.392. The Balaban J connectivity index is 1.60. The number of H-pyrrole nitrogens is 1. The molecule has 1 aliphatic carbocycles. The van der Waals surface area contributed by atoms with Gasteiger partial charge in [0, 0.05) is 28.7 Å². The van der Waals surface area contributed by atoms with E-state index in [4.69, 9.17) is 15.7 Å². The Kier molecular flexibility index (Phi) is 5.08. The first-order chi connectivity index (χ1) is 16.7. The molecule has 4 aromatic rings. The van der Waals surface area contributed by atoms with Gasteiger partial charge in [0.1, 0.15) is 11.3 Å². The molecule has 1 unspecified atom stereocenters. The molecular weight excluding hydrogens is 455 g/mol. The highest BCUT2D eigenvalue weighted by atomic mass is 19.4. The molecule has 1 saturated carbocycles. The van der Waals surface area contributed by atoms with Gasteiger partial charge in [-0.15, -0.1) is 0 Å². The molecule has 0 bridgehead atoms. The number of aromatic amines is 1. The second-order valence-electron chi connectivity index (χ2n) is 9.90. The second kappa shape index (κ2) is 7.96. The van der Waals surface area contributed by atoms with Crippen LogP contribution in [0.15, 0.2) is 30.7 Å². The predicted octanol–water partition coefficient (Wildman–Crippen LogP) is 4.64. The first-order valence-corrected chi connectivity index (χ1v) is 11.9. The number of aromatic nitrogens is 5. The van der Waals surface area contributed by atoms with Crippen LogP contribution >= 0.6 is 0 Å². The normalized spacial score (nSPS) is 19.3. The highest BCUT2D eigenvalue weighted by Crippen LogP contribution is 2.46. The molecule has 6 rings (SSSR count). The standard InChI is InChI=1S/C25H26F3N7/c1-24(29,14-4-7-30-8-5-14)21-20-17(13-2-3-13)11-31-12-18(20)33-23(35-21)15-6-9-32-22-16(15)10-19(34-22)25(26,27)28/h6,9-14,30H,2-5,7-8,29H2,1H3,(H,32,34). The Bertz CT molecular complexity index is 1420. The fourth-order valence-corrected chi connectivity index (χ4v) is 5.31. The summed E-state index contributed by atoms with van der Waals surface area (Å²) in [4.78, 5) is 20.7. The number of alkyl halides is 3. The molecule has 1 saturated heterocycles. The number of rotatable bonds is 4. The summed E-state index contributed by atoms with van der Waals surface area (Å²) in [6.45, 7) is 3.80. The van der Waals surface area contributed by atoms with Crippen molar-refractivity contribution in [2.45, 2.75) is 50.2 Å². The maximum Gasteiger partial charge on any atom is 0.431 e. The van der Waals surface area contributed by atoms with Crippen LogP contribution in [0.4, 0.5) is 13.2 Å². The van der Waals surface area contributed by atoms with Crippen LogP contribution in [0.3, 0.4) is 0 Å². The van der Waals surface area contributed by atoms with Crippen LogP contribution in [0, 0.1) is 5.92 Å². The topological polar surface area (TPSA) is 105 Å². The third-order valence-corrected chi connectivity index (χ3v) is 7.43. The first-order valence-electron chi connectivity index (χ1n) is 11.9. The highest BCUT2D eigenvalue weighted by molar-refractivity contribution is 5.94. The summed E-state index contributed by atoms with van der Waals surface area (Å²) >= 11 is 0. The van der Waals surface area contributed by atoms with E-state index in [0.717, 1.165) is 61.5 Å². The van der Waals surface area contributed by atoms with Crippen LogP contribution < -0.4 is 11.1 Å². The van der Waals surface area contributed by atoms with Crippen LogP contribution in [0.2, 0.25) is 0 Å². The van der Waals surface area contributed by atoms with Crippen molar-refractivity contribution < 1.29 is 13.2 Å². The Morgan fingerprint density at radius 3 is 2.54 bits per heavy atom. The average Bonchev–Trinajstić information content (AvgIpc) is 3.59. The zero-order valence-corrected chi connectivity index (χ0v) is 19.3. The average molecular weight is 482 g/mol. The van der Waals surface area contributed by atoms with Crippen LogP contribution in [0.5, 0.6) is 0 Å². The van der Waals surface area contributed by atoms with Gasteiger partial charge in [0.15, 0.2) is 5.82 Å². The van der Waals surface area contributed by atoms with E-state index in [1.807, 2.05) is 13.1 Å². The third-order valence-electron chi connectivity index (χ3n) is 7.43. The van der Waals surface area contributed by atoms with Crippen LogP contribution in [0.1, 0.15) is 55.5 Å². The van der Waals surface area contributed by atoms with Crippen molar-refractivity contribution >= 4 is 21.9 Å². The number of fused-ring (bicyclic) bond motifs is 2. The smallest absolute Gasteiger partial charge is 0.336 e. The molecule has 0 amide bonds. The summed E-state index contributed by atoms with van der Waals surface area (Å²) in [5.41, 5.74) is 8.60. The Hall–Kier alpha value is -3.11. The van der Waals surface area contributed by atoms with E-state index < -0.39 is 17.4 Å². The summed E-state index contributed by atoms with van der Waals surface area (Å²) in [6, 6.07) is 2.72. The molecule has 182 valence electrons. The van der Waals surface area contributed by atoms with Gasteiger partial charge >= 0.3 is 6.18 Å². The maximum atomic E-state index is 13.4. The van der Waals surface area contributed by atoms with E-state index in [1.165, 1.54) is 6.20 Å². The molecule has 5 heterocycles. The van der Waals surface area contributed by atoms with E-state index in [-0.39, 0.29) is 11.6 Å². The van der Waals surface area contributed by atoms with Crippen LogP contribution in [-0.4, -0.2) is 38.0 Å². The predicted molar refractivity (Wildman–Crippen MR) is 127 cm³/mol. The van der Waals surface area contributed by atoms with Gasteiger partial charge < -0.3 is 16.0 Å². The Labute approximate surface area is 199 Å². The monoisotopic (exact) mass is 481 g/mol. The molecule has 0 radical (unpaired) electrons. The molecule has 35 heavy (non-hydrogen) atoms. The molecule has 4 aromatic heterocycles. The van der Waals surface area contributed by atoms with Crippen molar-refractivity contribution in [2.75, 3.05) is 13.1 Å². The highest BCUT2D eigenvalue weighted by Gasteiger charge is 2.39. The second-order valence-corrected chi connectivity index (χ2v) is 9.90. The minimum Gasteiger partial charge on any atom is -0.336 e. The number of pyridine rings is 2. The number of halogens is 3. The molecule has 2 fully saturated rings. The number of nitrogens with one attached hydrogen (secondary N) is 2. The molecule has 1 aliphatic heterocycles. The molecule has 10 heteroatoms. The van der Waals surface area contributed by atoms with Gasteiger partial charge in [-0.1, -0.05) is 0 Å². The molecule has 2 aliphatic rings. The van der Waals surface area contributed by atoms with Crippen LogP contribution in [-0.2, 0) is 11.7 Å². The minimum absolute atomic E-state index is 0.138.